The van der Waals surface area contributed by atoms with Gasteiger partial charge in [0.15, 0.2) is 5.16 Å². The predicted molar refractivity (Wildman–Crippen MR) is 127 cm³/mol. The summed E-state index contributed by atoms with van der Waals surface area (Å²) in [7, 11) is 1.42. The molecule has 33 heavy (non-hydrogen) atoms. The number of ether oxygens (including phenoxy) is 1. The molecule has 0 aliphatic heterocycles. The molecule has 8 nitrogen and oxygen atoms in total. The van der Waals surface area contributed by atoms with Crippen LogP contribution in [0.15, 0.2) is 88.8 Å². The van der Waals surface area contributed by atoms with Crippen molar-refractivity contribution < 1.29 is 14.3 Å². The summed E-state index contributed by atoms with van der Waals surface area (Å²) in [6.07, 6.45) is 0. The van der Waals surface area contributed by atoms with E-state index in [0.717, 1.165) is 11.8 Å². The molecular weight excluding hydrogens is 440 g/mol. The van der Waals surface area contributed by atoms with Gasteiger partial charge >= 0.3 is 6.03 Å². The van der Waals surface area contributed by atoms with Crippen molar-refractivity contribution in [3.05, 3.63) is 89.2 Å². The Balaban J connectivity index is 1.67. The minimum atomic E-state index is -0.599. The number of nitrogens with one attached hydrogen (secondary N) is 2. The van der Waals surface area contributed by atoms with Crippen LogP contribution in [0.1, 0.15) is 0 Å². The van der Waals surface area contributed by atoms with Gasteiger partial charge in [-0.05, 0) is 48.5 Å². The van der Waals surface area contributed by atoms with Gasteiger partial charge in [0, 0.05) is 7.05 Å². The number of carbonyl (C=O) groups is 2. The summed E-state index contributed by atoms with van der Waals surface area (Å²) in [4.78, 5) is 41.4. The second-order valence-corrected chi connectivity index (χ2v) is 7.82. The first-order chi connectivity index (χ1) is 16.0. The molecule has 1 aromatic heterocycles. The number of hydrogen-bond donors (Lipinski definition) is 2. The minimum absolute atomic E-state index is 0.0899. The largest absolute Gasteiger partial charge is 0.457 e. The average Bonchev–Trinajstić information content (AvgIpc) is 2.84. The molecule has 0 atom stereocenters. The summed E-state index contributed by atoms with van der Waals surface area (Å²) >= 11 is 1.07. The normalized spacial score (nSPS) is 10.6. The van der Waals surface area contributed by atoms with E-state index in [0.29, 0.717) is 33.2 Å². The molecule has 0 aliphatic carbocycles. The van der Waals surface area contributed by atoms with Crippen LogP contribution in [0.25, 0.3) is 16.6 Å². The van der Waals surface area contributed by atoms with Crippen LogP contribution in [0, 0.1) is 0 Å². The third-order valence-corrected chi connectivity index (χ3v) is 5.57. The minimum Gasteiger partial charge on any atom is -0.457 e. The highest BCUT2D eigenvalue weighted by Crippen LogP contribution is 2.25. The average molecular weight is 461 g/mol. The number of nitrogens with zero attached hydrogens (tertiary/aromatic N) is 2. The SMILES string of the molecule is CNC(=O)NC(=O)CSc1nc2ccccc2c(=O)n1-c1ccc(Oc2ccccc2)cc1. The van der Waals surface area contributed by atoms with Crippen LogP contribution < -0.4 is 20.9 Å². The van der Waals surface area contributed by atoms with Gasteiger partial charge < -0.3 is 10.1 Å². The fourth-order valence-electron chi connectivity index (χ4n) is 3.08. The molecule has 0 spiro atoms. The molecule has 9 heteroatoms. The third kappa shape index (κ3) is 5.21. The first kappa shape index (κ1) is 22.1. The van der Waals surface area contributed by atoms with Gasteiger partial charge in [0.05, 0.1) is 22.3 Å². The number of rotatable bonds is 6. The number of fused-ring (bicyclic) bond motifs is 1. The smallest absolute Gasteiger partial charge is 0.321 e. The van der Waals surface area contributed by atoms with Crippen LogP contribution in [0.2, 0.25) is 0 Å². The molecule has 4 aromatic rings. The Hall–Kier alpha value is -4.11. The number of hydrogen-bond acceptors (Lipinski definition) is 6. The van der Waals surface area contributed by atoms with Crippen LogP contribution in [0.3, 0.4) is 0 Å². The topological polar surface area (TPSA) is 102 Å². The van der Waals surface area contributed by atoms with Gasteiger partial charge in [0.25, 0.3) is 5.56 Å². The van der Waals surface area contributed by atoms with Crippen LogP contribution >= 0.6 is 11.8 Å². The Labute approximate surface area is 193 Å². The summed E-state index contributed by atoms with van der Waals surface area (Å²) < 4.78 is 7.28. The fourth-order valence-corrected chi connectivity index (χ4v) is 3.89. The number of aromatic nitrogens is 2. The van der Waals surface area contributed by atoms with Gasteiger partial charge in [0.1, 0.15) is 11.5 Å². The number of urea groups is 1. The lowest BCUT2D eigenvalue weighted by atomic mass is 10.2. The van der Waals surface area contributed by atoms with Crippen molar-refractivity contribution in [2.24, 2.45) is 0 Å². The maximum atomic E-state index is 13.3. The fraction of sp³-hybridized carbons (Fsp3) is 0.0833. The van der Waals surface area contributed by atoms with Crippen molar-refractivity contribution in [3.63, 3.8) is 0 Å². The molecule has 4 rings (SSSR count). The summed E-state index contributed by atoms with van der Waals surface area (Å²) in [5, 5.41) is 5.32. The van der Waals surface area contributed by atoms with Gasteiger partial charge in [-0.3, -0.25) is 19.5 Å². The molecule has 0 fully saturated rings. The standard InChI is InChI=1S/C24H20N4O4S/c1-25-23(31)27-21(29)15-33-24-26-20-10-6-5-9-19(20)22(30)28(24)16-11-13-18(14-12-16)32-17-7-3-2-4-8-17/h2-14H,15H2,1H3,(H2,25,27,29,31). The van der Waals surface area contributed by atoms with Crippen molar-refractivity contribution in [2.75, 3.05) is 12.8 Å². The van der Waals surface area contributed by atoms with E-state index < -0.39 is 11.9 Å². The van der Waals surface area contributed by atoms with Crippen LogP contribution in [0.4, 0.5) is 4.79 Å². The summed E-state index contributed by atoms with van der Waals surface area (Å²) in [6, 6.07) is 22.8. The zero-order valence-electron chi connectivity index (χ0n) is 17.6. The molecule has 0 saturated heterocycles. The summed E-state index contributed by atoms with van der Waals surface area (Å²) in [6.45, 7) is 0. The highest BCUT2D eigenvalue weighted by Gasteiger charge is 2.15. The van der Waals surface area contributed by atoms with Crippen molar-refractivity contribution in [2.45, 2.75) is 5.16 Å². The van der Waals surface area contributed by atoms with E-state index in [-0.39, 0.29) is 11.3 Å². The monoisotopic (exact) mass is 460 g/mol. The van der Waals surface area contributed by atoms with Gasteiger partial charge in [0.2, 0.25) is 5.91 Å². The molecule has 0 bridgehead atoms. The Morgan fingerprint density at radius 3 is 2.33 bits per heavy atom. The second-order valence-electron chi connectivity index (χ2n) is 6.88. The molecular formula is C24H20N4O4S. The van der Waals surface area contributed by atoms with E-state index in [2.05, 4.69) is 15.6 Å². The lowest BCUT2D eigenvalue weighted by molar-refractivity contribution is -0.117. The van der Waals surface area contributed by atoms with E-state index in [1.807, 2.05) is 30.3 Å². The van der Waals surface area contributed by atoms with E-state index >= 15 is 0 Å². The highest BCUT2D eigenvalue weighted by molar-refractivity contribution is 7.99. The van der Waals surface area contributed by atoms with Crippen LogP contribution in [-0.2, 0) is 4.79 Å². The number of para-hydroxylation sites is 2. The Bertz CT molecular complexity index is 1350. The zero-order chi connectivity index (χ0) is 23.2. The number of amides is 3. The van der Waals surface area contributed by atoms with E-state index in [4.69, 9.17) is 4.74 Å². The van der Waals surface area contributed by atoms with Crippen molar-refractivity contribution in [1.82, 2.24) is 20.2 Å². The number of carbonyl (C=O) groups excluding carboxylic acids is 2. The lowest BCUT2D eigenvalue weighted by Crippen LogP contribution is -2.38. The summed E-state index contributed by atoms with van der Waals surface area (Å²) in [5.41, 5.74) is 0.844. The van der Waals surface area contributed by atoms with Crippen molar-refractivity contribution in [1.29, 1.82) is 0 Å². The predicted octanol–water partition coefficient (Wildman–Crippen LogP) is 3.73. The van der Waals surface area contributed by atoms with E-state index in [1.165, 1.54) is 11.6 Å². The molecule has 0 unspecified atom stereocenters. The first-order valence-electron chi connectivity index (χ1n) is 10.0. The van der Waals surface area contributed by atoms with Gasteiger partial charge in [-0.2, -0.15) is 0 Å². The molecule has 1 heterocycles. The molecule has 0 aliphatic rings. The van der Waals surface area contributed by atoms with Crippen LogP contribution in [0.5, 0.6) is 11.5 Å². The zero-order valence-corrected chi connectivity index (χ0v) is 18.5. The molecule has 3 aromatic carbocycles. The Morgan fingerprint density at radius 1 is 0.939 bits per heavy atom. The van der Waals surface area contributed by atoms with Crippen LogP contribution in [-0.4, -0.2) is 34.3 Å². The van der Waals surface area contributed by atoms with Gasteiger partial charge in [-0.1, -0.05) is 42.1 Å². The molecule has 0 radical (unpaired) electrons. The van der Waals surface area contributed by atoms with E-state index in [1.54, 1.807) is 48.5 Å². The Kier molecular flexibility index (Phi) is 6.70. The van der Waals surface area contributed by atoms with Gasteiger partial charge in [-0.25, -0.2) is 9.78 Å². The molecule has 2 N–H and O–H groups in total. The van der Waals surface area contributed by atoms with Crippen molar-refractivity contribution in [3.8, 4) is 17.2 Å². The quantitative estimate of drug-likeness (QED) is 0.336. The van der Waals surface area contributed by atoms with E-state index in [9.17, 15) is 14.4 Å². The highest BCUT2D eigenvalue weighted by atomic mass is 32.2. The van der Waals surface area contributed by atoms with Crippen molar-refractivity contribution >= 4 is 34.6 Å². The maximum Gasteiger partial charge on any atom is 0.321 e. The molecule has 3 amide bonds. The third-order valence-electron chi connectivity index (χ3n) is 4.63. The lowest BCUT2D eigenvalue weighted by Gasteiger charge is -2.14. The van der Waals surface area contributed by atoms with Gasteiger partial charge in [-0.15, -0.1) is 0 Å². The molecule has 166 valence electrons. The number of imide groups is 1. The molecule has 0 saturated carbocycles. The number of thioether (sulfide) groups is 1. The second kappa shape index (κ2) is 10.0. The summed E-state index contributed by atoms with van der Waals surface area (Å²) in [5.74, 6) is 0.729. The Morgan fingerprint density at radius 2 is 1.61 bits per heavy atom. The first-order valence-corrected chi connectivity index (χ1v) is 11.0. The number of benzene rings is 3. The maximum absolute atomic E-state index is 13.3.